The molecule has 94 valence electrons. The first-order chi connectivity index (χ1) is 8.20. The number of aldehydes is 1. The lowest BCUT2D eigenvalue weighted by molar-refractivity contribution is -0.223. The van der Waals surface area contributed by atoms with Crippen molar-refractivity contribution in [3.8, 4) is 0 Å². The highest BCUT2D eigenvalue weighted by molar-refractivity contribution is 5.65. The summed E-state index contributed by atoms with van der Waals surface area (Å²) >= 11 is 0. The summed E-state index contributed by atoms with van der Waals surface area (Å²) in [6.45, 7) is 2.94. The molecule has 0 spiro atoms. The Kier molecular flexibility index (Phi) is 2.83. The molecular formula is C14H20O3. The van der Waals surface area contributed by atoms with Crippen LogP contribution in [0.1, 0.15) is 45.4 Å². The molecule has 0 aromatic carbocycles. The second-order valence-corrected chi connectivity index (χ2v) is 5.79. The fraction of sp³-hybridized carbons (Fsp3) is 0.786. The zero-order chi connectivity index (χ0) is 11.9. The van der Waals surface area contributed by atoms with Gasteiger partial charge in [0.25, 0.3) is 0 Å². The number of ether oxygens (including phenoxy) is 2. The van der Waals surface area contributed by atoms with Gasteiger partial charge in [0.2, 0.25) is 0 Å². The first kappa shape index (κ1) is 11.4. The average Bonchev–Trinajstić information content (AvgIpc) is 3.07. The van der Waals surface area contributed by atoms with Gasteiger partial charge in [-0.25, -0.2) is 0 Å². The third kappa shape index (κ3) is 2.31. The van der Waals surface area contributed by atoms with Gasteiger partial charge in [-0.15, -0.1) is 0 Å². The molecule has 0 N–H and O–H groups in total. The molecule has 17 heavy (non-hydrogen) atoms. The molecule has 3 aliphatic rings. The highest BCUT2D eigenvalue weighted by atomic mass is 16.7. The lowest BCUT2D eigenvalue weighted by Crippen LogP contribution is -2.39. The third-order valence-corrected chi connectivity index (χ3v) is 4.14. The van der Waals surface area contributed by atoms with Crippen LogP contribution in [0, 0.1) is 5.92 Å². The molecule has 1 saturated heterocycles. The van der Waals surface area contributed by atoms with Crippen molar-refractivity contribution in [3.05, 3.63) is 11.1 Å². The second-order valence-electron chi connectivity index (χ2n) is 5.79. The van der Waals surface area contributed by atoms with E-state index in [1.165, 1.54) is 17.6 Å². The van der Waals surface area contributed by atoms with E-state index in [-0.39, 0.29) is 17.8 Å². The van der Waals surface area contributed by atoms with Crippen LogP contribution in [0.15, 0.2) is 11.1 Å². The molecule has 0 radical (unpaired) electrons. The fourth-order valence-corrected chi connectivity index (χ4v) is 3.21. The van der Waals surface area contributed by atoms with Crippen LogP contribution in [0.25, 0.3) is 0 Å². The van der Waals surface area contributed by atoms with Crippen LogP contribution in [-0.2, 0) is 14.3 Å². The largest absolute Gasteiger partial charge is 0.353 e. The monoisotopic (exact) mass is 236 g/mol. The average molecular weight is 236 g/mol. The molecule has 0 amide bonds. The van der Waals surface area contributed by atoms with Gasteiger partial charge in [0, 0.05) is 12.5 Å². The van der Waals surface area contributed by atoms with Gasteiger partial charge in [0.05, 0.1) is 5.60 Å². The van der Waals surface area contributed by atoms with Gasteiger partial charge in [0.15, 0.2) is 6.29 Å². The third-order valence-electron chi connectivity index (χ3n) is 4.14. The van der Waals surface area contributed by atoms with E-state index in [9.17, 15) is 4.79 Å². The van der Waals surface area contributed by atoms with Crippen molar-refractivity contribution in [1.82, 2.24) is 0 Å². The van der Waals surface area contributed by atoms with Gasteiger partial charge in [-0.1, -0.05) is 11.1 Å². The lowest BCUT2D eigenvalue weighted by atomic mass is 9.84. The minimum Gasteiger partial charge on any atom is -0.353 e. The van der Waals surface area contributed by atoms with Gasteiger partial charge in [-0.05, 0) is 45.4 Å². The van der Waals surface area contributed by atoms with Gasteiger partial charge in [-0.2, -0.15) is 0 Å². The maximum Gasteiger partial charge on any atom is 0.158 e. The summed E-state index contributed by atoms with van der Waals surface area (Å²) in [7, 11) is 0. The van der Waals surface area contributed by atoms with Crippen molar-refractivity contribution in [2.24, 2.45) is 5.92 Å². The number of allylic oxidation sites excluding steroid dienone is 1. The van der Waals surface area contributed by atoms with Crippen LogP contribution in [0.4, 0.5) is 0 Å². The Labute approximate surface area is 102 Å². The van der Waals surface area contributed by atoms with Gasteiger partial charge < -0.3 is 14.3 Å². The molecule has 1 fully saturated rings. The lowest BCUT2D eigenvalue weighted by Gasteiger charge is -2.37. The molecule has 3 nitrogen and oxygen atoms in total. The minimum absolute atomic E-state index is 0.0537. The summed E-state index contributed by atoms with van der Waals surface area (Å²) in [5.74, 6) is 0.104. The molecule has 3 heteroatoms. The Bertz CT molecular complexity index is 354. The predicted octanol–water partition coefficient (Wildman–Crippen LogP) is 2.60. The Balaban J connectivity index is 1.65. The molecule has 3 rings (SSSR count). The smallest absolute Gasteiger partial charge is 0.158 e. The summed E-state index contributed by atoms with van der Waals surface area (Å²) in [6.07, 6.45) is 7.24. The summed E-state index contributed by atoms with van der Waals surface area (Å²) in [5.41, 5.74) is 2.64. The van der Waals surface area contributed by atoms with Crippen molar-refractivity contribution in [2.75, 3.05) is 6.61 Å². The Morgan fingerprint density at radius 2 is 2.35 bits per heavy atom. The van der Waals surface area contributed by atoms with Crippen LogP contribution in [0.2, 0.25) is 0 Å². The summed E-state index contributed by atoms with van der Waals surface area (Å²) < 4.78 is 11.8. The Morgan fingerprint density at radius 3 is 3.06 bits per heavy atom. The fourth-order valence-electron chi connectivity index (χ4n) is 3.21. The summed E-state index contributed by atoms with van der Waals surface area (Å²) in [5, 5.41) is 0. The normalized spacial score (nSPS) is 41.0. The standard InChI is InChI=1S/C14H20O3/c1-14(17-13-4-2-3-5-16-13)7-10-6-12(10)11(8-14)9-15/h9,11,13H,2-8H2,1H3. The van der Waals surface area contributed by atoms with Crippen LogP contribution in [0.5, 0.6) is 0 Å². The summed E-state index contributed by atoms with van der Waals surface area (Å²) in [6, 6.07) is 0. The zero-order valence-electron chi connectivity index (χ0n) is 10.4. The summed E-state index contributed by atoms with van der Waals surface area (Å²) in [4.78, 5) is 11.1. The number of hydrogen-bond acceptors (Lipinski definition) is 3. The molecule has 2 aliphatic carbocycles. The molecule has 3 unspecified atom stereocenters. The maximum absolute atomic E-state index is 11.1. The Morgan fingerprint density at radius 1 is 1.47 bits per heavy atom. The number of carbonyl (C=O) groups is 1. The highest BCUT2D eigenvalue weighted by Gasteiger charge is 2.45. The van der Waals surface area contributed by atoms with E-state index < -0.39 is 0 Å². The molecule has 1 heterocycles. The molecular weight excluding hydrogens is 216 g/mol. The van der Waals surface area contributed by atoms with E-state index in [0.717, 1.165) is 45.0 Å². The van der Waals surface area contributed by atoms with Crippen molar-refractivity contribution >= 4 is 6.29 Å². The second kappa shape index (κ2) is 4.21. The topological polar surface area (TPSA) is 35.5 Å². The van der Waals surface area contributed by atoms with E-state index in [2.05, 4.69) is 6.92 Å². The molecule has 0 aromatic heterocycles. The number of rotatable bonds is 3. The number of hydrogen-bond donors (Lipinski definition) is 0. The van der Waals surface area contributed by atoms with Gasteiger partial charge >= 0.3 is 0 Å². The number of carbonyl (C=O) groups excluding carboxylic acids is 1. The van der Waals surface area contributed by atoms with Crippen LogP contribution in [0.3, 0.4) is 0 Å². The Hall–Kier alpha value is -0.670. The van der Waals surface area contributed by atoms with Crippen molar-refractivity contribution in [1.29, 1.82) is 0 Å². The van der Waals surface area contributed by atoms with E-state index >= 15 is 0 Å². The van der Waals surface area contributed by atoms with Gasteiger partial charge in [-0.3, -0.25) is 0 Å². The molecule has 1 aliphatic heterocycles. The van der Waals surface area contributed by atoms with Crippen molar-refractivity contribution in [3.63, 3.8) is 0 Å². The highest BCUT2D eigenvalue weighted by Crippen LogP contribution is 2.51. The molecule has 3 atom stereocenters. The first-order valence-electron chi connectivity index (χ1n) is 6.66. The minimum atomic E-state index is -0.192. The SMILES string of the molecule is CC1(OC2CCCCO2)CC2=C(C2)C(C=O)C1. The van der Waals surface area contributed by atoms with Crippen LogP contribution in [-0.4, -0.2) is 24.8 Å². The first-order valence-corrected chi connectivity index (χ1v) is 6.66. The molecule has 0 aromatic rings. The molecule has 0 bridgehead atoms. The van der Waals surface area contributed by atoms with E-state index in [4.69, 9.17) is 9.47 Å². The van der Waals surface area contributed by atoms with Crippen LogP contribution < -0.4 is 0 Å². The van der Waals surface area contributed by atoms with E-state index in [0.29, 0.717) is 0 Å². The zero-order valence-corrected chi connectivity index (χ0v) is 10.4. The quantitative estimate of drug-likeness (QED) is 0.558. The van der Waals surface area contributed by atoms with Crippen molar-refractivity contribution < 1.29 is 14.3 Å². The van der Waals surface area contributed by atoms with Crippen LogP contribution >= 0.6 is 0 Å². The van der Waals surface area contributed by atoms with Crippen molar-refractivity contribution in [2.45, 2.75) is 57.3 Å². The maximum atomic E-state index is 11.1. The van der Waals surface area contributed by atoms with E-state index in [1.54, 1.807) is 0 Å². The van der Waals surface area contributed by atoms with E-state index in [1.807, 2.05) is 0 Å². The predicted molar refractivity (Wildman–Crippen MR) is 63.5 cm³/mol. The molecule has 0 saturated carbocycles. The van der Waals surface area contributed by atoms with Gasteiger partial charge in [0.1, 0.15) is 6.29 Å².